The summed E-state index contributed by atoms with van der Waals surface area (Å²) in [5.74, 6) is -1.13. The highest BCUT2D eigenvalue weighted by molar-refractivity contribution is 6.35. The molecule has 2 N–H and O–H groups in total. The van der Waals surface area contributed by atoms with Gasteiger partial charge in [-0.3, -0.25) is 4.79 Å². The van der Waals surface area contributed by atoms with Gasteiger partial charge in [-0.2, -0.15) is 0 Å². The number of hydrogen-bond donors (Lipinski definition) is 1. The number of benzene rings is 1. The summed E-state index contributed by atoms with van der Waals surface area (Å²) in [7, 11) is 1.25. The predicted octanol–water partition coefficient (Wildman–Crippen LogP) is 2.87. The normalized spacial score (nSPS) is 14.2. The van der Waals surface area contributed by atoms with Crippen molar-refractivity contribution in [3.05, 3.63) is 33.6 Å². The fourth-order valence-electron chi connectivity index (χ4n) is 1.43. The molecule has 6 heteroatoms. The van der Waals surface area contributed by atoms with E-state index in [9.17, 15) is 9.18 Å². The van der Waals surface area contributed by atoms with Crippen molar-refractivity contribution in [1.82, 2.24) is 0 Å². The number of carbonyl (C=O) groups excluding carboxylic acids is 1. The van der Waals surface area contributed by atoms with Crippen molar-refractivity contribution in [2.75, 3.05) is 7.11 Å². The van der Waals surface area contributed by atoms with Gasteiger partial charge in [0.15, 0.2) is 0 Å². The molecule has 0 aliphatic carbocycles. The Balaban J connectivity index is 3.14. The summed E-state index contributed by atoms with van der Waals surface area (Å²) in [6.45, 7) is 1.57. The number of esters is 1. The lowest BCUT2D eigenvalue weighted by Crippen LogP contribution is -2.36. The van der Waals surface area contributed by atoms with Crippen LogP contribution >= 0.6 is 23.2 Å². The van der Waals surface area contributed by atoms with Crippen LogP contribution in [-0.2, 0) is 15.1 Å². The van der Waals surface area contributed by atoms with Gasteiger partial charge in [-0.1, -0.05) is 23.2 Å². The third kappa shape index (κ3) is 3.31. The molecule has 17 heavy (non-hydrogen) atoms. The van der Waals surface area contributed by atoms with Crippen LogP contribution in [-0.4, -0.2) is 13.1 Å². The van der Waals surface area contributed by atoms with E-state index in [-0.39, 0.29) is 16.5 Å². The van der Waals surface area contributed by atoms with E-state index >= 15 is 0 Å². The number of rotatable bonds is 3. The molecule has 0 fully saturated rings. The van der Waals surface area contributed by atoms with E-state index in [1.807, 2.05) is 0 Å². The Bertz CT molecular complexity index is 449. The molecular weight excluding hydrogens is 268 g/mol. The van der Waals surface area contributed by atoms with Crippen molar-refractivity contribution in [1.29, 1.82) is 0 Å². The molecule has 0 bridgehead atoms. The molecule has 0 saturated carbocycles. The molecule has 1 aromatic rings. The molecule has 0 radical (unpaired) electrons. The number of methoxy groups -OCH3 is 1. The van der Waals surface area contributed by atoms with Crippen molar-refractivity contribution >= 4 is 29.2 Å². The van der Waals surface area contributed by atoms with Crippen molar-refractivity contribution < 1.29 is 13.9 Å². The summed E-state index contributed by atoms with van der Waals surface area (Å²) in [5, 5.41) is 0.123. The van der Waals surface area contributed by atoms with Crippen LogP contribution in [0.1, 0.15) is 18.9 Å². The average molecular weight is 280 g/mol. The molecule has 94 valence electrons. The molecule has 0 aromatic heterocycles. The van der Waals surface area contributed by atoms with Crippen molar-refractivity contribution in [3.8, 4) is 0 Å². The topological polar surface area (TPSA) is 52.3 Å². The molecule has 1 aromatic carbocycles. The van der Waals surface area contributed by atoms with Crippen LogP contribution in [0.5, 0.6) is 0 Å². The van der Waals surface area contributed by atoms with Gasteiger partial charge in [-0.25, -0.2) is 4.39 Å². The van der Waals surface area contributed by atoms with Gasteiger partial charge in [0, 0.05) is 5.02 Å². The lowest BCUT2D eigenvalue weighted by Gasteiger charge is -2.25. The lowest BCUT2D eigenvalue weighted by atomic mass is 9.89. The van der Waals surface area contributed by atoms with Gasteiger partial charge in [0.05, 0.1) is 24.1 Å². The predicted molar refractivity (Wildman–Crippen MR) is 64.6 cm³/mol. The van der Waals surface area contributed by atoms with Gasteiger partial charge in [0.2, 0.25) is 0 Å². The SMILES string of the molecule is COC(=O)CC(C)(N)c1cc(F)c(Cl)cc1Cl. The quantitative estimate of drug-likeness (QED) is 0.684. The van der Waals surface area contributed by atoms with Gasteiger partial charge < -0.3 is 10.5 Å². The average Bonchev–Trinajstić information content (AvgIpc) is 2.22. The fourth-order valence-corrected chi connectivity index (χ4v) is 2.03. The highest BCUT2D eigenvalue weighted by Gasteiger charge is 2.28. The first-order valence-electron chi connectivity index (χ1n) is 4.78. The highest BCUT2D eigenvalue weighted by Crippen LogP contribution is 2.32. The maximum Gasteiger partial charge on any atom is 0.307 e. The second-order valence-electron chi connectivity index (χ2n) is 3.92. The smallest absolute Gasteiger partial charge is 0.307 e. The number of ether oxygens (including phenoxy) is 1. The summed E-state index contributed by atoms with van der Waals surface area (Å²) in [4.78, 5) is 11.2. The molecule has 0 amide bonds. The van der Waals surface area contributed by atoms with Crippen LogP contribution in [0.2, 0.25) is 10.0 Å². The number of hydrogen-bond acceptors (Lipinski definition) is 3. The number of nitrogens with two attached hydrogens (primary N) is 1. The highest BCUT2D eigenvalue weighted by atomic mass is 35.5. The van der Waals surface area contributed by atoms with Crippen LogP contribution in [0, 0.1) is 5.82 Å². The maximum atomic E-state index is 13.3. The molecule has 3 nitrogen and oxygen atoms in total. The summed E-state index contributed by atoms with van der Waals surface area (Å²) >= 11 is 11.5. The third-order valence-electron chi connectivity index (χ3n) is 2.36. The zero-order chi connectivity index (χ0) is 13.2. The Kier molecular flexibility index (Phi) is 4.36. The zero-order valence-corrected chi connectivity index (χ0v) is 10.9. The van der Waals surface area contributed by atoms with Crippen molar-refractivity contribution in [3.63, 3.8) is 0 Å². The van der Waals surface area contributed by atoms with E-state index < -0.39 is 17.3 Å². The minimum Gasteiger partial charge on any atom is -0.469 e. The Hall–Kier alpha value is -0.840. The third-order valence-corrected chi connectivity index (χ3v) is 2.97. The molecule has 0 heterocycles. The van der Waals surface area contributed by atoms with Crippen LogP contribution < -0.4 is 5.73 Å². The van der Waals surface area contributed by atoms with Crippen LogP contribution in [0.4, 0.5) is 4.39 Å². The fraction of sp³-hybridized carbons (Fsp3) is 0.364. The first-order chi connectivity index (χ1) is 7.77. The largest absolute Gasteiger partial charge is 0.469 e. The van der Waals surface area contributed by atoms with E-state index in [1.54, 1.807) is 6.92 Å². The van der Waals surface area contributed by atoms with E-state index in [0.29, 0.717) is 5.56 Å². The molecule has 0 saturated heterocycles. The number of halogens is 3. The first kappa shape index (κ1) is 14.2. The summed E-state index contributed by atoms with van der Waals surface area (Å²) < 4.78 is 17.9. The zero-order valence-electron chi connectivity index (χ0n) is 9.39. The molecule has 1 unspecified atom stereocenters. The van der Waals surface area contributed by atoms with E-state index in [0.717, 1.165) is 6.07 Å². The summed E-state index contributed by atoms with van der Waals surface area (Å²) in [5.41, 5.74) is 5.14. The Morgan fingerprint density at radius 1 is 1.47 bits per heavy atom. The summed E-state index contributed by atoms with van der Waals surface area (Å²) in [6, 6.07) is 2.39. The molecule has 1 atom stereocenters. The van der Waals surface area contributed by atoms with Gasteiger partial charge in [0.25, 0.3) is 0 Å². The monoisotopic (exact) mass is 279 g/mol. The minimum atomic E-state index is -1.12. The molecule has 0 spiro atoms. The molecular formula is C11H12Cl2FNO2. The van der Waals surface area contributed by atoms with Gasteiger partial charge >= 0.3 is 5.97 Å². The van der Waals surface area contributed by atoms with E-state index in [4.69, 9.17) is 28.9 Å². The maximum absolute atomic E-state index is 13.3. The Morgan fingerprint density at radius 3 is 2.59 bits per heavy atom. The minimum absolute atomic E-state index is 0.0902. The van der Waals surface area contributed by atoms with Crippen LogP contribution in [0.25, 0.3) is 0 Å². The second-order valence-corrected chi connectivity index (χ2v) is 4.73. The second kappa shape index (κ2) is 5.21. The first-order valence-corrected chi connectivity index (χ1v) is 5.54. The Morgan fingerprint density at radius 2 is 2.06 bits per heavy atom. The molecule has 0 aliphatic rings. The number of carbonyl (C=O) groups is 1. The molecule has 1 rings (SSSR count). The molecule has 0 aliphatic heterocycles. The van der Waals surface area contributed by atoms with E-state index in [1.165, 1.54) is 13.2 Å². The van der Waals surface area contributed by atoms with Crippen molar-refractivity contribution in [2.45, 2.75) is 18.9 Å². The van der Waals surface area contributed by atoms with Gasteiger partial charge in [-0.05, 0) is 24.6 Å². The Labute approximate surface area is 109 Å². The van der Waals surface area contributed by atoms with Crippen LogP contribution in [0.15, 0.2) is 12.1 Å². The van der Waals surface area contributed by atoms with E-state index in [2.05, 4.69) is 4.74 Å². The van der Waals surface area contributed by atoms with Crippen LogP contribution in [0.3, 0.4) is 0 Å². The van der Waals surface area contributed by atoms with Gasteiger partial charge in [-0.15, -0.1) is 0 Å². The standard InChI is InChI=1S/C11H12Cl2FNO2/c1-11(15,5-10(16)17-2)6-3-9(14)8(13)4-7(6)12/h3-4H,5,15H2,1-2H3. The summed E-state index contributed by atoms with van der Waals surface area (Å²) in [6.07, 6.45) is -0.107. The van der Waals surface area contributed by atoms with Crippen molar-refractivity contribution in [2.24, 2.45) is 5.73 Å². The lowest BCUT2D eigenvalue weighted by molar-refractivity contribution is -0.141. The van der Waals surface area contributed by atoms with Gasteiger partial charge in [0.1, 0.15) is 5.82 Å².